The monoisotopic (exact) mass is 447 g/mol. The molecule has 2 heterocycles. The third kappa shape index (κ3) is 4.46. The van der Waals surface area contributed by atoms with Gasteiger partial charge in [-0.15, -0.1) is 0 Å². The van der Waals surface area contributed by atoms with Crippen molar-refractivity contribution in [1.82, 2.24) is 15.5 Å². The smallest absolute Gasteiger partial charge is 0.407 e. The number of ether oxygens (including phenoxy) is 1. The second-order valence-electron chi connectivity index (χ2n) is 8.86. The summed E-state index contributed by atoms with van der Waals surface area (Å²) in [5, 5.41) is 5.04. The Hall–Kier alpha value is -3.68. The molecule has 0 aromatic heterocycles. The Balaban J connectivity index is 1.12. The molecule has 0 spiro atoms. The summed E-state index contributed by atoms with van der Waals surface area (Å²) in [7, 11) is 0. The van der Waals surface area contributed by atoms with E-state index in [9.17, 15) is 19.2 Å². The van der Waals surface area contributed by atoms with Crippen molar-refractivity contribution in [1.29, 1.82) is 0 Å². The number of nitrogens with one attached hydrogen (secondary N) is 2. The van der Waals surface area contributed by atoms with Crippen LogP contribution in [-0.2, 0) is 27.4 Å². The molecule has 2 aromatic rings. The molecule has 2 fully saturated rings. The van der Waals surface area contributed by atoms with Crippen LogP contribution in [0.1, 0.15) is 52.2 Å². The number of carbonyl (C=O) groups is 4. The molecule has 4 amide bonds. The van der Waals surface area contributed by atoms with Crippen molar-refractivity contribution in [2.24, 2.45) is 5.92 Å². The molecular weight excluding hydrogens is 422 g/mol. The van der Waals surface area contributed by atoms with Gasteiger partial charge in [-0.2, -0.15) is 0 Å². The second-order valence-corrected chi connectivity index (χ2v) is 8.86. The summed E-state index contributed by atoms with van der Waals surface area (Å²) in [6.45, 7) is 0.958. The molecule has 33 heavy (non-hydrogen) atoms. The number of rotatable bonds is 6. The van der Waals surface area contributed by atoms with E-state index in [1.165, 1.54) is 10.5 Å². The minimum atomic E-state index is -0.638. The van der Waals surface area contributed by atoms with Crippen LogP contribution in [0.15, 0.2) is 48.5 Å². The first-order valence-electron chi connectivity index (χ1n) is 11.2. The van der Waals surface area contributed by atoms with Crippen molar-refractivity contribution >= 4 is 23.8 Å². The Morgan fingerprint density at radius 3 is 2.73 bits per heavy atom. The minimum Gasteiger partial charge on any atom is -0.449 e. The first-order chi connectivity index (χ1) is 16.0. The third-order valence-electron chi connectivity index (χ3n) is 6.61. The average Bonchev–Trinajstić information content (AvgIpc) is 3.53. The Morgan fingerprint density at radius 2 is 1.94 bits per heavy atom. The lowest BCUT2D eigenvalue weighted by atomic mass is 10.0. The summed E-state index contributed by atoms with van der Waals surface area (Å²) in [5.74, 6) is -0.159. The molecule has 0 bridgehead atoms. The molecule has 3 atom stereocenters. The number of amides is 4. The third-order valence-corrected chi connectivity index (χ3v) is 6.61. The quantitative estimate of drug-likeness (QED) is 0.662. The first kappa shape index (κ1) is 21.2. The van der Waals surface area contributed by atoms with Crippen LogP contribution in [-0.4, -0.2) is 41.4 Å². The number of piperidine rings is 1. The van der Waals surface area contributed by atoms with E-state index in [-0.39, 0.29) is 24.8 Å². The lowest BCUT2D eigenvalue weighted by Crippen LogP contribution is -2.52. The minimum absolute atomic E-state index is 0.223. The highest BCUT2D eigenvalue weighted by Crippen LogP contribution is 2.47. The molecule has 2 N–H and O–H groups in total. The molecule has 2 aromatic carbocycles. The SMILES string of the molecule is O=C1CCC(N2Cc3ccc(CNC(=O)OC[C@@H]4C[C@H]4c4ccccc4)cc3C2=O)C(=O)N1. The summed E-state index contributed by atoms with van der Waals surface area (Å²) in [6, 6.07) is 15.0. The van der Waals surface area contributed by atoms with Crippen molar-refractivity contribution < 1.29 is 23.9 Å². The zero-order chi connectivity index (χ0) is 22.9. The Labute approximate surface area is 191 Å². The fourth-order valence-corrected chi connectivity index (χ4v) is 4.66. The average molecular weight is 447 g/mol. The molecule has 8 heteroatoms. The van der Waals surface area contributed by atoms with Gasteiger partial charge < -0.3 is 15.0 Å². The van der Waals surface area contributed by atoms with Crippen LogP contribution < -0.4 is 10.6 Å². The van der Waals surface area contributed by atoms with Crippen molar-refractivity contribution in [2.75, 3.05) is 6.61 Å². The molecule has 5 rings (SSSR count). The van der Waals surface area contributed by atoms with Crippen molar-refractivity contribution in [3.05, 3.63) is 70.8 Å². The summed E-state index contributed by atoms with van der Waals surface area (Å²) in [6.07, 6.45) is 1.09. The maximum Gasteiger partial charge on any atom is 0.407 e. The first-order valence-corrected chi connectivity index (χ1v) is 11.2. The van der Waals surface area contributed by atoms with E-state index in [1.807, 2.05) is 30.3 Å². The lowest BCUT2D eigenvalue weighted by Gasteiger charge is -2.29. The molecule has 8 nitrogen and oxygen atoms in total. The summed E-state index contributed by atoms with van der Waals surface area (Å²) in [4.78, 5) is 50.1. The molecular formula is C25H25N3O5. The van der Waals surface area contributed by atoms with E-state index in [0.717, 1.165) is 17.5 Å². The fraction of sp³-hybridized carbons (Fsp3) is 0.360. The fourth-order valence-electron chi connectivity index (χ4n) is 4.66. The van der Waals surface area contributed by atoms with Crippen LogP contribution in [0.5, 0.6) is 0 Å². The maximum atomic E-state index is 12.9. The van der Waals surface area contributed by atoms with Gasteiger partial charge in [0.1, 0.15) is 6.04 Å². The van der Waals surface area contributed by atoms with Crippen LogP contribution in [0.25, 0.3) is 0 Å². The van der Waals surface area contributed by atoms with Gasteiger partial charge in [-0.05, 0) is 41.5 Å². The van der Waals surface area contributed by atoms with Gasteiger partial charge in [0.2, 0.25) is 11.8 Å². The van der Waals surface area contributed by atoms with Gasteiger partial charge in [0, 0.05) is 31.0 Å². The van der Waals surface area contributed by atoms with E-state index in [4.69, 9.17) is 4.74 Å². The van der Waals surface area contributed by atoms with E-state index in [1.54, 1.807) is 6.07 Å². The van der Waals surface area contributed by atoms with Gasteiger partial charge in [-0.3, -0.25) is 19.7 Å². The van der Waals surface area contributed by atoms with Crippen molar-refractivity contribution in [2.45, 2.75) is 44.3 Å². The zero-order valence-electron chi connectivity index (χ0n) is 18.1. The van der Waals surface area contributed by atoms with Crippen LogP contribution in [0, 0.1) is 5.92 Å². The maximum absolute atomic E-state index is 12.9. The predicted molar refractivity (Wildman–Crippen MR) is 118 cm³/mol. The van der Waals surface area contributed by atoms with Crippen molar-refractivity contribution in [3.63, 3.8) is 0 Å². The van der Waals surface area contributed by atoms with Gasteiger partial charge in [-0.1, -0.05) is 42.5 Å². The molecule has 1 saturated carbocycles. The largest absolute Gasteiger partial charge is 0.449 e. The number of carbonyl (C=O) groups excluding carboxylic acids is 4. The van der Waals surface area contributed by atoms with Crippen molar-refractivity contribution in [3.8, 4) is 0 Å². The van der Waals surface area contributed by atoms with Gasteiger partial charge in [-0.25, -0.2) is 4.79 Å². The van der Waals surface area contributed by atoms with Gasteiger partial charge in [0.05, 0.1) is 6.61 Å². The number of fused-ring (bicyclic) bond motifs is 1. The molecule has 0 radical (unpaired) electrons. The van der Waals surface area contributed by atoms with Gasteiger partial charge in [0.25, 0.3) is 5.91 Å². The number of nitrogens with zero attached hydrogens (tertiary/aromatic N) is 1. The van der Waals surface area contributed by atoms with Crippen LogP contribution in [0.2, 0.25) is 0 Å². The molecule has 3 aliphatic rings. The van der Waals surface area contributed by atoms with E-state index in [0.29, 0.717) is 37.0 Å². The molecule has 170 valence electrons. The number of benzene rings is 2. The summed E-state index contributed by atoms with van der Waals surface area (Å²) in [5.41, 5.74) is 3.41. The van der Waals surface area contributed by atoms with Crippen LogP contribution in [0.4, 0.5) is 4.79 Å². The normalized spacial score (nSPS) is 23.7. The highest BCUT2D eigenvalue weighted by Gasteiger charge is 2.40. The Kier molecular flexibility index (Phi) is 5.58. The second kappa shape index (κ2) is 8.69. The summed E-state index contributed by atoms with van der Waals surface area (Å²) >= 11 is 0. The van der Waals surface area contributed by atoms with E-state index in [2.05, 4.69) is 22.8 Å². The summed E-state index contributed by atoms with van der Waals surface area (Å²) < 4.78 is 5.37. The Morgan fingerprint density at radius 1 is 1.12 bits per heavy atom. The standard InChI is InChI=1S/C25H25N3O5/c29-22-9-8-21(23(30)27-22)28-13-17-7-6-15(10-20(17)24(28)31)12-26-25(32)33-14-18-11-19(18)16-4-2-1-3-5-16/h1-7,10,18-19,21H,8-9,11-14H2,(H,26,32)(H,27,29,30)/t18-,19-,21?/m0/s1. The molecule has 2 aliphatic heterocycles. The van der Waals surface area contributed by atoms with Gasteiger partial charge >= 0.3 is 6.09 Å². The van der Waals surface area contributed by atoms with E-state index < -0.39 is 18.0 Å². The molecule has 1 aliphatic carbocycles. The number of hydrogen-bond donors (Lipinski definition) is 2. The molecule has 1 saturated heterocycles. The molecule has 1 unspecified atom stereocenters. The zero-order valence-corrected chi connectivity index (χ0v) is 18.1. The highest BCUT2D eigenvalue weighted by atomic mass is 16.5. The Bertz CT molecular complexity index is 1120. The predicted octanol–water partition coefficient (Wildman–Crippen LogP) is 2.48. The number of alkyl carbamates (subject to hydrolysis) is 1. The van der Waals surface area contributed by atoms with E-state index >= 15 is 0 Å². The van der Waals surface area contributed by atoms with Crippen LogP contribution >= 0.6 is 0 Å². The van der Waals surface area contributed by atoms with Gasteiger partial charge in [0.15, 0.2) is 0 Å². The highest BCUT2D eigenvalue weighted by molar-refractivity contribution is 6.05. The number of hydrogen-bond acceptors (Lipinski definition) is 5. The van der Waals surface area contributed by atoms with Crippen LogP contribution in [0.3, 0.4) is 0 Å². The lowest BCUT2D eigenvalue weighted by molar-refractivity contribution is -0.136. The topological polar surface area (TPSA) is 105 Å². The number of imide groups is 1.